The number of anilines is 1. The van der Waals surface area contributed by atoms with Crippen LogP contribution < -0.4 is 5.32 Å². The quantitative estimate of drug-likeness (QED) is 0.698. The monoisotopic (exact) mass is 369 g/mol. The Morgan fingerprint density at radius 3 is 2.50 bits per heavy atom. The van der Waals surface area contributed by atoms with Crippen molar-refractivity contribution >= 4 is 11.6 Å². The number of hydrogen-bond donors (Lipinski definition) is 1. The van der Waals surface area contributed by atoms with Gasteiger partial charge in [-0.1, -0.05) is 54.1 Å². The van der Waals surface area contributed by atoms with E-state index in [1.165, 1.54) is 11.1 Å². The number of nitrogens with one attached hydrogen (secondary N) is 1. The topological polar surface area (TPSA) is 46.9 Å². The summed E-state index contributed by atoms with van der Waals surface area (Å²) in [4.78, 5) is 12.9. The third-order valence-corrected chi connectivity index (χ3v) is 5.89. The van der Waals surface area contributed by atoms with E-state index in [9.17, 15) is 4.79 Å². The Kier molecular flexibility index (Phi) is 3.93. The Morgan fingerprint density at radius 1 is 1.00 bits per heavy atom. The fourth-order valence-electron chi connectivity index (χ4n) is 4.55. The van der Waals surface area contributed by atoms with Gasteiger partial charge in [-0.2, -0.15) is 5.10 Å². The number of aromatic nitrogens is 2. The SMILES string of the molecule is Cc1ccc(-n2nc(C)c3c2NC2=CCCC(=O)[C@@H]2[C@H]3c2ccccc2)cc1. The molecule has 4 nitrogen and oxygen atoms in total. The first-order valence-corrected chi connectivity index (χ1v) is 9.85. The van der Waals surface area contributed by atoms with E-state index in [0.717, 1.165) is 34.9 Å². The van der Waals surface area contributed by atoms with Crippen LogP contribution in [0.1, 0.15) is 41.1 Å². The summed E-state index contributed by atoms with van der Waals surface area (Å²) in [5.74, 6) is 1.13. The Morgan fingerprint density at radius 2 is 1.75 bits per heavy atom. The molecule has 0 saturated carbocycles. The van der Waals surface area contributed by atoms with Crippen molar-refractivity contribution < 1.29 is 4.79 Å². The number of benzene rings is 2. The van der Waals surface area contributed by atoms with E-state index in [4.69, 9.17) is 5.10 Å². The molecule has 1 aliphatic heterocycles. The molecule has 0 spiro atoms. The summed E-state index contributed by atoms with van der Waals surface area (Å²) in [6, 6.07) is 18.8. The molecule has 0 amide bonds. The van der Waals surface area contributed by atoms with Crippen molar-refractivity contribution in [2.24, 2.45) is 5.92 Å². The highest BCUT2D eigenvalue weighted by atomic mass is 16.1. The second kappa shape index (κ2) is 6.48. The molecule has 0 radical (unpaired) electrons. The van der Waals surface area contributed by atoms with E-state index in [1.54, 1.807) is 0 Å². The molecule has 28 heavy (non-hydrogen) atoms. The lowest BCUT2D eigenvalue weighted by atomic mass is 9.72. The van der Waals surface area contributed by atoms with E-state index in [2.05, 4.69) is 54.7 Å². The molecule has 0 saturated heterocycles. The van der Waals surface area contributed by atoms with Gasteiger partial charge in [-0.3, -0.25) is 4.79 Å². The minimum absolute atomic E-state index is 0.00398. The third kappa shape index (κ3) is 2.60. The van der Waals surface area contributed by atoms with Crippen molar-refractivity contribution in [3.63, 3.8) is 0 Å². The molecule has 2 aliphatic rings. The van der Waals surface area contributed by atoms with Crippen LogP contribution in [0.5, 0.6) is 0 Å². The van der Waals surface area contributed by atoms with Gasteiger partial charge >= 0.3 is 0 Å². The third-order valence-electron chi connectivity index (χ3n) is 5.89. The van der Waals surface area contributed by atoms with Gasteiger partial charge in [-0.15, -0.1) is 0 Å². The first kappa shape index (κ1) is 17.0. The Bertz CT molecular complexity index is 1080. The van der Waals surface area contributed by atoms with Crippen LogP contribution in [0.3, 0.4) is 0 Å². The van der Waals surface area contributed by atoms with Crippen LogP contribution >= 0.6 is 0 Å². The largest absolute Gasteiger partial charge is 0.343 e. The zero-order chi connectivity index (χ0) is 19.3. The highest BCUT2D eigenvalue weighted by molar-refractivity contribution is 5.89. The fourth-order valence-corrected chi connectivity index (χ4v) is 4.55. The van der Waals surface area contributed by atoms with Gasteiger partial charge in [-0.25, -0.2) is 4.68 Å². The molecule has 0 bridgehead atoms. The molecule has 2 aromatic carbocycles. The smallest absolute Gasteiger partial charge is 0.143 e. The summed E-state index contributed by atoms with van der Waals surface area (Å²) in [5, 5.41) is 8.44. The number of hydrogen-bond acceptors (Lipinski definition) is 3. The van der Waals surface area contributed by atoms with E-state index in [-0.39, 0.29) is 11.8 Å². The van der Waals surface area contributed by atoms with Crippen molar-refractivity contribution in [1.82, 2.24) is 9.78 Å². The van der Waals surface area contributed by atoms with Gasteiger partial charge in [0.25, 0.3) is 0 Å². The molecule has 4 heteroatoms. The van der Waals surface area contributed by atoms with E-state index >= 15 is 0 Å². The van der Waals surface area contributed by atoms with Crippen LogP contribution in [0.2, 0.25) is 0 Å². The molecule has 1 N–H and O–H groups in total. The van der Waals surface area contributed by atoms with Gasteiger partial charge in [-0.05, 0) is 38.0 Å². The number of rotatable bonds is 2. The van der Waals surface area contributed by atoms with E-state index in [1.807, 2.05) is 29.8 Å². The highest BCUT2D eigenvalue weighted by Crippen LogP contribution is 2.48. The lowest BCUT2D eigenvalue weighted by Gasteiger charge is -2.36. The van der Waals surface area contributed by atoms with Crippen molar-refractivity contribution in [2.45, 2.75) is 32.6 Å². The zero-order valence-electron chi connectivity index (χ0n) is 16.1. The first-order valence-electron chi connectivity index (χ1n) is 9.85. The lowest BCUT2D eigenvalue weighted by Crippen LogP contribution is -2.35. The summed E-state index contributed by atoms with van der Waals surface area (Å²) in [7, 11) is 0. The summed E-state index contributed by atoms with van der Waals surface area (Å²) in [6.07, 6.45) is 3.60. The van der Waals surface area contributed by atoms with Gasteiger partial charge in [0.05, 0.1) is 17.3 Å². The van der Waals surface area contributed by atoms with Crippen molar-refractivity contribution in [3.05, 3.63) is 88.8 Å². The first-order chi connectivity index (χ1) is 13.6. The minimum Gasteiger partial charge on any atom is -0.343 e. The number of allylic oxidation sites excluding steroid dienone is 2. The zero-order valence-corrected chi connectivity index (χ0v) is 16.1. The molecular formula is C24H23N3O. The van der Waals surface area contributed by atoms with Crippen LogP contribution in [-0.4, -0.2) is 15.6 Å². The normalized spacial score (nSPS) is 20.8. The summed E-state index contributed by atoms with van der Waals surface area (Å²) < 4.78 is 1.98. The predicted octanol–water partition coefficient (Wildman–Crippen LogP) is 4.91. The van der Waals surface area contributed by atoms with Crippen LogP contribution in [0.15, 0.2) is 66.4 Å². The van der Waals surface area contributed by atoms with Gasteiger partial charge in [0, 0.05) is 23.6 Å². The number of carbonyl (C=O) groups is 1. The maximum Gasteiger partial charge on any atom is 0.143 e. The number of Topliss-reactive ketones (excluding diaryl/α,β-unsaturated/α-hetero) is 1. The van der Waals surface area contributed by atoms with Crippen molar-refractivity contribution in [3.8, 4) is 5.69 Å². The summed E-state index contributed by atoms with van der Waals surface area (Å²) in [5.41, 5.74) is 6.53. The van der Waals surface area contributed by atoms with Crippen LogP contribution in [0.4, 0.5) is 5.82 Å². The second-order valence-electron chi connectivity index (χ2n) is 7.75. The van der Waals surface area contributed by atoms with E-state index < -0.39 is 0 Å². The van der Waals surface area contributed by atoms with Crippen LogP contribution in [0, 0.1) is 19.8 Å². The second-order valence-corrected chi connectivity index (χ2v) is 7.75. The maximum atomic E-state index is 12.9. The highest BCUT2D eigenvalue weighted by Gasteiger charge is 2.42. The predicted molar refractivity (Wildman–Crippen MR) is 111 cm³/mol. The summed E-state index contributed by atoms with van der Waals surface area (Å²) >= 11 is 0. The Balaban J connectivity index is 1.74. The average Bonchev–Trinajstić information content (AvgIpc) is 3.04. The number of ketones is 1. The van der Waals surface area contributed by atoms with Gasteiger partial charge in [0.2, 0.25) is 0 Å². The number of fused-ring (bicyclic) bond motifs is 2. The van der Waals surface area contributed by atoms with Gasteiger partial charge in [0.1, 0.15) is 11.6 Å². The molecular weight excluding hydrogens is 346 g/mol. The number of carbonyl (C=O) groups excluding carboxylic acids is 1. The van der Waals surface area contributed by atoms with Crippen LogP contribution in [-0.2, 0) is 4.79 Å². The number of aryl methyl sites for hydroxylation is 2. The molecule has 5 rings (SSSR count). The molecule has 0 unspecified atom stereocenters. The molecule has 2 heterocycles. The molecule has 1 aromatic heterocycles. The molecule has 140 valence electrons. The number of nitrogens with zero attached hydrogens (tertiary/aromatic N) is 2. The summed E-state index contributed by atoms with van der Waals surface area (Å²) in [6.45, 7) is 4.13. The Hall–Kier alpha value is -3.14. The lowest BCUT2D eigenvalue weighted by molar-refractivity contribution is -0.122. The van der Waals surface area contributed by atoms with Crippen molar-refractivity contribution in [2.75, 3.05) is 5.32 Å². The molecule has 2 atom stereocenters. The Labute approximate surface area is 164 Å². The van der Waals surface area contributed by atoms with Crippen LogP contribution in [0.25, 0.3) is 5.69 Å². The standard InChI is InChI=1S/C24H23N3O/c1-15-11-13-18(14-12-15)27-24-21(16(2)26-27)22(17-7-4-3-5-8-17)23-19(25-24)9-6-10-20(23)28/h3-5,7-9,11-14,22-23,25H,6,10H2,1-2H3/t22-,23+/m0/s1. The fraction of sp³-hybridized carbons (Fsp3) is 0.250. The minimum atomic E-state index is -0.155. The van der Waals surface area contributed by atoms with E-state index in [0.29, 0.717) is 12.2 Å². The van der Waals surface area contributed by atoms with Gasteiger partial charge < -0.3 is 5.32 Å². The van der Waals surface area contributed by atoms with Crippen molar-refractivity contribution in [1.29, 1.82) is 0 Å². The molecule has 1 aliphatic carbocycles. The molecule has 0 fully saturated rings. The average molecular weight is 369 g/mol. The molecule has 3 aromatic rings. The van der Waals surface area contributed by atoms with Gasteiger partial charge in [0.15, 0.2) is 0 Å². The maximum absolute atomic E-state index is 12.9.